The quantitative estimate of drug-likeness (QED) is 0.761. The highest BCUT2D eigenvalue weighted by Gasteiger charge is 2.22. The van der Waals surface area contributed by atoms with Crippen LogP contribution in [0.5, 0.6) is 0 Å². The third kappa shape index (κ3) is 2.56. The highest BCUT2D eigenvalue weighted by Crippen LogP contribution is 2.30. The van der Waals surface area contributed by atoms with Gasteiger partial charge in [0.1, 0.15) is 17.2 Å². The molecular weight excluding hydrogens is 267 g/mol. The summed E-state index contributed by atoms with van der Waals surface area (Å²) in [7, 11) is 0. The first kappa shape index (κ1) is 13.8. The maximum Gasteiger partial charge on any atom is 0.196 e. The Labute approximate surface area is 122 Å². The van der Waals surface area contributed by atoms with Gasteiger partial charge in [0.25, 0.3) is 0 Å². The molecule has 1 aliphatic carbocycles. The number of hydrogen-bond acceptors (Lipinski definition) is 2. The van der Waals surface area contributed by atoms with Gasteiger partial charge < -0.3 is 4.42 Å². The minimum Gasteiger partial charge on any atom is -0.460 e. The van der Waals surface area contributed by atoms with E-state index in [2.05, 4.69) is 12.2 Å². The molecule has 0 amide bonds. The van der Waals surface area contributed by atoms with E-state index in [1.807, 2.05) is 19.9 Å². The summed E-state index contributed by atoms with van der Waals surface area (Å²) >= 11 is 0. The van der Waals surface area contributed by atoms with E-state index in [-0.39, 0.29) is 11.3 Å². The van der Waals surface area contributed by atoms with Crippen molar-refractivity contribution in [3.05, 3.63) is 69.4 Å². The summed E-state index contributed by atoms with van der Waals surface area (Å²) in [5.74, 6) is 0.306. The Bertz CT molecular complexity index is 808. The highest BCUT2D eigenvalue weighted by molar-refractivity contribution is 5.77. The molecule has 1 aromatic heterocycles. The van der Waals surface area contributed by atoms with E-state index < -0.39 is 5.82 Å². The molecule has 1 heterocycles. The predicted molar refractivity (Wildman–Crippen MR) is 82.1 cm³/mol. The molecule has 3 heteroatoms. The molecule has 2 nitrogen and oxygen atoms in total. The topological polar surface area (TPSA) is 30.2 Å². The smallest absolute Gasteiger partial charge is 0.196 e. The molecule has 0 radical (unpaired) electrons. The van der Waals surface area contributed by atoms with Crippen LogP contribution in [0.15, 0.2) is 51.2 Å². The Balaban J connectivity index is 2.18. The molecular formula is C18H17FO2. The molecule has 108 valence electrons. The van der Waals surface area contributed by atoms with Crippen LogP contribution in [0.2, 0.25) is 0 Å². The Kier molecular flexibility index (Phi) is 3.50. The summed E-state index contributed by atoms with van der Waals surface area (Å²) in [5, 5.41) is 0.452. The normalized spacial score (nSPS) is 16.8. The molecule has 1 unspecified atom stereocenters. The van der Waals surface area contributed by atoms with Crippen LogP contribution in [0.3, 0.4) is 0 Å². The summed E-state index contributed by atoms with van der Waals surface area (Å²) in [4.78, 5) is 12.7. The van der Waals surface area contributed by atoms with Gasteiger partial charge in [-0.3, -0.25) is 4.79 Å². The lowest BCUT2D eigenvalue weighted by molar-refractivity contribution is 0.525. The number of allylic oxidation sites excluding steroid dienone is 4. The fraction of sp³-hybridized carbons (Fsp3) is 0.278. The van der Waals surface area contributed by atoms with Crippen LogP contribution in [0, 0.1) is 5.82 Å². The predicted octanol–water partition coefficient (Wildman–Crippen LogP) is 4.48. The molecule has 0 saturated heterocycles. The van der Waals surface area contributed by atoms with Crippen LogP contribution in [0.25, 0.3) is 11.0 Å². The summed E-state index contributed by atoms with van der Waals surface area (Å²) in [6.45, 7) is 4.08. The van der Waals surface area contributed by atoms with Gasteiger partial charge in [-0.1, -0.05) is 23.8 Å². The standard InChI is InChI=1S/C18H17FO2/c1-11(2)6-7-12-4-3-5-15-17(12)18(20)14-9-8-13(19)10-16(14)21-15/h3-4,6,8-10,12H,5,7H2,1-2H3. The summed E-state index contributed by atoms with van der Waals surface area (Å²) in [6.07, 6.45) is 7.57. The lowest BCUT2D eigenvalue weighted by Crippen LogP contribution is -2.18. The average molecular weight is 284 g/mol. The number of halogens is 1. The lowest BCUT2D eigenvalue weighted by Gasteiger charge is -2.18. The zero-order chi connectivity index (χ0) is 15.0. The van der Waals surface area contributed by atoms with E-state index in [1.54, 1.807) is 0 Å². The van der Waals surface area contributed by atoms with Crippen molar-refractivity contribution in [3.63, 3.8) is 0 Å². The van der Waals surface area contributed by atoms with E-state index >= 15 is 0 Å². The van der Waals surface area contributed by atoms with Gasteiger partial charge in [0.2, 0.25) is 0 Å². The van der Waals surface area contributed by atoms with Crippen molar-refractivity contribution < 1.29 is 8.81 Å². The Morgan fingerprint density at radius 1 is 1.43 bits per heavy atom. The minimum absolute atomic E-state index is 0.0364. The van der Waals surface area contributed by atoms with E-state index in [9.17, 15) is 9.18 Å². The van der Waals surface area contributed by atoms with Crippen molar-refractivity contribution in [2.75, 3.05) is 0 Å². The van der Waals surface area contributed by atoms with Crippen LogP contribution in [0.1, 0.15) is 37.5 Å². The fourth-order valence-electron chi connectivity index (χ4n) is 2.75. The lowest BCUT2D eigenvalue weighted by atomic mass is 9.88. The van der Waals surface area contributed by atoms with E-state index in [0.717, 1.165) is 6.42 Å². The Morgan fingerprint density at radius 3 is 3.00 bits per heavy atom. The molecule has 0 N–H and O–H groups in total. The molecule has 0 aliphatic heterocycles. The molecule has 21 heavy (non-hydrogen) atoms. The maximum atomic E-state index is 13.3. The second kappa shape index (κ2) is 5.32. The monoisotopic (exact) mass is 284 g/mol. The van der Waals surface area contributed by atoms with Crippen LogP contribution in [-0.4, -0.2) is 0 Å². The summed E-state index contributed by atoms with van der Waals surface area (Å²) < 4.78 is 19.1. The van der Waals surface area contributed by atoms with Gasteiger partial charge in [-0.15, -0.1) is 0 Å². The maximum absolute atomic E-state index is 13.3. The van der Waals surface area contributed by atoms with E-state index in [1.165, 1.54) is 23.8 Å². The third-order valence-corrected chi connectivity index (χ3v) is 3.79. The molecule has 0 saturated carbocycles. The number of hydrogen-bond donors (Lipinski definition) is 0. The number of fused-ring (bicyclic) bond motifs is 2. The zero-order valence-corrected chi connectivity index (χ0v) is 12.2. The SMILES string of the molecule is CC(C)=CCC1C=CCc2oc3cc(F)ccc3c(=O)c21. The summed E-state index contributed by atoms with van der Waals surface area (Å²) in [6, 6.07) is 4.09. The van der Waals surface area contributed by atoms with Gasteiger partial charge in [0.05, 0.1) is 5.39 Å². The van der Waals surface area contributed by atoms with Crippen molar-refractivity contribution in [2.24, 2.45) is 0 Å². The zero-order valence-electron chi connectivity index (χ0n) is 12.2. The van der Waals surface area contributed by atoms with Crippen molar-refractivity contribution in [3.8, 4) is 0 Å². The van der Waals surface area contributed by atoms with Crippen LogP contribution in [-0.2, 0) is 6.42 Å². The first-order chi connectivity index (χ1) is 10.1. The second-order valence-electron chi connectivity index (χ2n) is 5.66. The molecule has 0 fully saturated rings. The molecule has 2 aromatic rings. The fourth-order valence-corrected chi connectivity index (χ4v) is 2.75. The van der Waals surface area contributed by atoms with E-state index in [0.29, 0.717) is 28.7 Å². The first-order valence-corrected chi connectivity index (χ1v) is 7.11. The van der Waals surface area contributed by atoms with Crippen molar-refractivity contribution in [2.45, 2.75) is 32.6 Å². The Hall–Kier alpha value is -2.16. The first-order valence-electron chi connectivity index (χ1n) is 7.11. The largest absolute Gasteiger partial charge is 0.460 e. The molecule has 3 rings (SSSR count). The van der Waals surface area contributed by atoms with Gasteiger partial charge in [-0.2, -0.15) is 0 Å². The van der Waals surface area contributed by atoms with Gasteiger partial charge >= 0.3 is 0 Å². The van der Waals surface area contributed by atoms with Crippen molar-refractivity contribution >= 4 is 11.0 Å². The molecule has 0 spiro atoms. The van der Waals surface area contributed by atoms with Crippen LogP contribution in [0.4, 0.5) is 4.39 Å². The highest BCUT2D eigenvalue weighted by atomic mass is 19.1. The second-order valence-corrected chi connectivity index (χ2v) is 5.66. The van der Waals surface area contributed by atoms with E-state index in [4.69, 9.17) is 4.42 Å². The number of rotatable bonds is 2. The molecule has 1 atom stereocenters. The van der Waals surface area contributed by atoms with Gasteiger partial charge in [0, 0.05) is 24.0 Å². The Morgan fingerprint density at radius 2 is 2.24 bits per heavy atom. The van der Waals surface area contributed by atoms with Crippen molar-refractivity contribution in [1.29, 1.82) is 0 Å². The van der Waals surface area contributed by atoms with Gasteiger partial charge in [-0.05, 0) is 32.4 Å². The van der Waals surface area contributed by atoms with Crippen molar-refractivity contribution in [1.82, 2.24) is 0 Å². The number of benzene rings is 1. The molecule has 0 bridgehead atoms. The van der Waals surface area contributed by atoms with Crippen LogP contribution < -0.4 is 5.43 Å². The summed E-state index contributed by atoms with van der Waals surface area (Å²) in [5.41, 5.74) is 2.23. The van der Waals surface area contributed by atoms with Gasteiger partial charge in [0.15, 0.2) is 5.43 Å². The minimum atomic E-state index is -0.391. The third-order valence-electron chi connectivity index (χ3n) is 3.79. The molecule has 1 aromatic carbocycles. The van der Waals surface area contributed by atoms with Gasteiger partial charge in [-0.25, -0.2) is 4.39 Å². The average Bonchev–Trinajstić information content (AvgIpc) is 2.44. The molecule has 1 aliphatic rings. The van der Waals surface area contributed by atoms with Crippen LogP contribution >= 0.6 is 0 Å².